The van der Waals surface area contributed by atoms with E-state index in [0.29, 0.717) is 5.82 Å². The molecule has 0 radical (unpaired) electrons. The molecule has 0 spiro atoms. The highest BCUT2D eigenvalue weighted by Gasteiger charge is 1.74. The summed E-state index contributed by atoms with van der Waals surface area (Å²) < 4.78 is 0. The normalized spacial score (nSPS) is 7.60. The quantitative estimate of drug-likeness (QED) is 0.396. The second kappa shape index (κ2) is 4.19. The molecule has 1 aromatic rings. The lowest BCUT2D eigenvalue weighted by Crippen LogP contribution is -2.03. The van der Waals surface area contributed by atoms with E-state index in [1.54, 1.807) is 6.20 Å². The molecule has 1 heterocycles. The number of nitrogens with zero attached hydrogens (tertiary/aromatic N) is 1. The van der Waals surface area contributed by atoms with Crippen molar-refractivity contribution in [2.24, 2.45) is 5.73 Å². The van der Waals surface area contributed by atoms with Crippen molar-refractivity contribution in [2.75, 3.05) is 5.73 Å². The van der Waals surface area contributed by atoms with Crippen LogP contribution < -0.4 is 11.5 Å². The molecule has 0 atom stereocenters. The van der Waals surface area contributed by atoms with Crippen molar-refractivity contribution in [2.45, 2.75) is 0 Å². The Hall–Kier alpha value is -1.72. The predicted molar refractivity (Wildman–Crippen MR) is 35.2 cm³/mol. The first-order chi connectivity index (χ1) is 4.63. The minimum absolute atomic E-state index is 0.606. The highest BCUT2D eigenvalue weighted by Crippen LogP contribution is 1.84. The molecule has 6 nitrogen and oxygen atoms in total. The molecule has 0 aliphatic carbocycles. The van der Waals surface area contributed by atoms with E-state index in [9.17, 15) is 0 Å². The molecule has 0 saturated heterocycles. The van der Waals surface area contributed by atoms with E-state index in [2.05, 4.69) is 15.7 Å². The highest BCUT2D eigenvalue weighted by molar-refractivity contribution is 5.61. The van der Waals surface area contributed by atoms with Gasteiger partial charge in [-0.1, -0.05) is 0 Å². The number of hydrogen-bond acceptors (Lipinski definition) is 3. The van der Waals surface area contributed by atoms with Crippen LogP contribution in [-0.4, -0.2) is 21.2 Å². The van der Waals surface area contributed by atoms with Crippen molar-refractivity contribution < 1.29 is 9.90 Å². The van der Waals surface area contributed by atoms with Crippen molar-refractivity contribution in [3.8, 4) is 0 Å². The van der Waals surface area contributed by atoms with Crippen LogP contribution in [0.15, 0.2) is 12.5 Å². The summed E-state index contributed by atoms with van der Waals surface area (Å²) in [6.07, 6.45) is 1.76. The fraction of sp³-hybridized carbons (Fsp3) is 0. The molecule has 0 aromatic carbocycles. The number of hydrogen-bond donors (Lipinski definition) is 4. The summed E-state index contributed by atoms with van der Waals surface area (Å²) in [7, 11) is 0. The lowest BCUT2D eigenvalue weighted by molar-refractivity contribution is 0.205. The maximum atomic E-state index is 8.78. The molecule has 0 aliphatic rings. The van der Waals surface area contributed by atoms with Crippen LogP contribution in [0.2, 0.25) is 0 Å². The Morgan fingerprint density at radius 1 is 1.80 bits per heavy atom. The van der Waals surface area contributed by atoms with Gasteiger partial charge in [-0.25, -0.2) is 9.78 Å². The molecule has 56 valence electrons. The Morgan fingerprint density at radius 3 is 2.40 bits per heavy atom. The molecule has 0 fully saturated rings. The molecule has 1 rings (SSSR count). The van der Waals surface area contributed by atoms with Crippen LogP contribution in [-0.2, 0) is 0 Å². The van der Waals surface area contributed by atoms with E-state index in [0.717, 1.165) is 0 Å². The van der Waals surface area contributed by atoms with Gasteiger partial charge in [0.15, 0.2) is 0 Å². The zero-order valence-corrected chi connectivity index (χ0v) is 5.11. The predicted octanol–water partition coefficient (Wildman–Crippen LogP) is -0.385. The van der Waals surface area contributed by atoms with Crippen LogP contribution in [0.1, 0.15) is 0 Å². The van der Waals surface area contributed by atoms with Gasteiger partial charge in [-0.05, 0) is 0 Å². The molecule has 0 aliphatic heterocycles. The lowest BCUT2D eigenvalue weighted by atomic mass is 10.8. The number of nitrogen functional groups attached to an aromatic ring is 1. The van der Waals surface area contributed by atoms with Gasteiger partial charge in [0.1, 0.15) is 5.82 Å². The average Bonchev–Trinajstić information content (AvgIpc) is 2.15. The summed E-state index contributed by atoms with van der Waals surface area (Å²) in [5.74, 6) is 0.606. The number of nitrogens with one attached hydrogen (secondary N) is 1. The fourth-order valence-corrected chi connectivity index (χ4v) is 0.267. The maximum Gasteiger partial charge on any atom is 0.402 e. The number of anilines is 1. The second-order valence-electron chi connectivity index (χ2n) is 1.35. The van der Waals surface area contributed by atoms with Gasteiger partial charge in [-0.3, -0.25) is 0 Å². The van der Waals surface area contributed by atoms with Crippen LogP contribution in [0.5, 0.6) is 0 Å². The van der Waals surface area contributed by atoms with E-state index in [1.165, 1.54) is 6.33 Å². The van der Waals surface area contributed by atoms with Gasteiger partial charge >= 0.3 is 6.09 Å². The molecule has 10 heavy (non-hydrogen) atoms. The summed E-state index contributed by atoms with van der Waals surface area (Å²) in [4.78, 5) is 15.1. The van der Waals surface area contributed by atoms with Gasteiger partial charge < -0.3 is 21.6 Å². The molecular weight excluding hydrogens is 136 g/mol. The third-order valence-corrected chi connectivity index (χ3v) is 0.519. The Balaban J connectivity index is 0.000000180. The first-order valence-corrected chi connectivity index (χ1v) is 2.35. The monoisotopic (exact) mass is 144 g/mol. The molecule has 0 bridgehead atoms. The highest BCUT2D eigenvalue weighted by atomic mass is 16.4. The number of H-pyrrole nitrogens is 1. The number of amides is 1. The largest absolute Gasteiger partial charge is 0.465 e. The van der Waals surface area contributed by atoms with E-state index < -0.39 is 6.09 Å². The summed E-state index contributed by atoms with van der Waals surface area (Å²) in [5.41, 5.74) is 9.19. The minimum Gasteiger partial charge on any atom is -0.465 e. The maximum absolute atomic E-state index is 8.78. The Morgan fingerprint density at radius 2 is 2.30 bits per heavy atom. The van der Waals surface area contributed by atoms with Crippen molar-refractivity contribution >= 4 is 11.9 Å². The number of nitrogens with two attached hydrogens (primary N) is 2. The first kappa shape index (κ1) is 8.28. The topological polar surface area (TPSA) is 118 Å². The van der Waals surface area contributed by atoms with Gasteiger partial charge in [0.2, 0.25) is 0 Å². The third kappa shape index (κ3) is 6.28. The standard InChI is InChI=1S/C3H5N3.CH3NO2/c4-3-1-5-2-6-3;2-1(3)4/h1-2H,4H2,(H,5,6);2H2,(H,3,4). The van der Waals surface area contributed by atoms with Crippen LogP contribution >= 0.6 is 0 Å². The summed E-state index contributed by atoms with van der Waals surface area (Å²) >= 11 is 0. The third-order valence-electron chi connectivity index (χ3n) is 0.519. The van der Waals surface area contributed by atoms with Crippen molar-refractivity contribution in [3.63, 3.8) is 0 Å². The van der Waals surface area contributed by atoms with E-state index >= 15 is 0 Å². The fourth-order valence-electron chi connectivity index (χ4n) is 0.267. The summed E-state index contributed by atoms with van der Waals surface area (Å²) in [6, 6.07) is 0. The number of imidazole rings is 1. The Labute approximate surface area is 56.9 Å². The number of aromatic amines is 1. The molecule has 6 heteroatoms. The number of primary amides is 1. The lowest BCUT2D eigenvalue weighted by Gasteiger charge is -1.70. The second-order valence-corrected chi connectivity index (χ2v) is 1.35. The SMILES string of the molecule is NC(=O)O.Nc1cnc[nH]1. The van der Waals surface area contributed by atoms with E-state index in [1.807, 2.05) is 0 Å². The van der Waals surface area contributed by atoms with Gasteiger partial charge in [0.05, 0.1) is 12.5 Å². The summed E-state index contributed by atoms with van der Waals surface area (Å²) in [5, 5.41) is 7.19. The van der Waals surface area contributed by atoms with E-state index in [4.69, 9.17) is 15.6 Å². The van der Waals surface area contributed by atoms with Crippen molar-refractivity contribution in [1.29, 1.82) is 0 Å². The van der Waals surface area contributed by atoms with Gasteiger partial charge in [0, 0.05) is 0 Å². The van der Waals surface area contributed by atoms with Gasteiger partial charge in [-0.2, -0.15) is 0 Å². The summed E-state index contributed by atoms with van der Waals surface area (Å²) in [6.45, 7) is 0. The van der Waals surface area contributed by atoms with Crippen LogP contribution in [0.25, 0.3) is 0 Å². The van der Waals surface area contributed by atoms with Crippen molar-refractivity contribution in [3.05, 3.63) is 12.5 Å². The molecule has 6 N–H and O–H groups in total. The van der Waals surface area contributed by atoms with Crippen LogP contribution in [0.3, 0.4) is 0 Å². The van der Waals surface area contributed by atoms with Gasteiger partial charge in [0.25, 0.3) is 0 Å². The number of rotatable bonds is 0. The molecule has 1 amide bonds. The number of carboxylic acid groups (broad SMARTS) is 1. The molecular formula is C4H8N4O2. The first-order valence-electron chi connectivity index (χ1n) is 2.35. The molecule has 0 saturated carbocycles. The minimum atomic E-state index is -1.33. The molecule has 1 aromatic heterocycles. The van der Waals surface area contributed by atoms with Crippen LogP contribution in [0.4, 0.5) is 10.6 Å². The smallest absolute Gasteiger partial charge is 0.402 e. The van der Waals surface area contributed by atoms with Crippen molar-refractivity contribution in [1.82, 2.24) is 9.97 Å². The number of aromatic nitrogens is 2. The van der Waals surface area contributed by atoms with Gasteiger partial charge in [-0.15, -0.1) is 0 Å². The molecule has 0 unspecified atom stereocenters. The van der Waals surface area contributed by atoms with Crippen LogP contribution in [0, 0.1) is 0 Å². The zero-order chi connectivity index (χ0) is 7.98. The average molecular weight is 144 g/mol. The Kier molecular flexibility index (Phi) is 3.47. The number of carbonyl (C=O) groups is 1. The zero-order valence-electron chi connectivity index (χ0n) is 5.11. The van der Waals surface area contributed by atoms with E-state index in [-0.39, 0.29) is 0 Å². The Bertz CT molecular complexity index is 179.